The first-order valence-electron chi connectivity index (χ1n) is 6.91. The van der Waals surface area contributed by atoms with Crippen molar-refractivity contribution in [1.29, 1.82) is 0 Å². The van der Waals surface area contributed by atoms with E-state index in [9.17, 15) is 0 Å². The van der Waals surface area contributed by atoms with Gasteiger partial charge in [-0.1, -0.05) is 34.6 Å². The second-order valence-electron chi connectivity index (χ2n) is 6.31. The average molecular weight is 310 g/mol. The maximum absolute atomic E-state index is 4.81. The van der Waals surface area contributed by atoms with Crippen LogP contribution in [0.4, 0.5) is 0 Å². The maximum Gasteiger partial charge on any atom is 0.116 e. The van der Waals surface area contributed by atoms with Gasteiger partial charge in [-0.25, -0.2) is 9.97 Å². The minimum Gasteiger partial charge on any atom is -0.306 e. The zero-order valence-electron chi connectivity index (χ0n) is 13.0. The van der Waals surface area contributed by atoms with E-state index in [1.54, 1.807) is 22.7 Å². The van der Waals surface area contributed by atoms with E-state index in [0.29, 0.717) is 5.92 Å². The maximum atomic E-state index is 4.81. The zero-order chi connectivity index (χ0) is 14.9. The topological polar surface area (TPSA) is 37.8 Å². The Morgan fingerprint density at radius 1 is 1.05 bits per heavy atom. The first-order valence-corrected chi connectivity index (χ1v) is 8.67. The summed E-state index contributed by atoms with van der Waals surface area (Å²) in [5, 5.41) is 9.92. The Balaban J connectivity index is 2.29. The van der Waals surface area contributed by atoms with Gasteiger partial charge in [0.25, 0.3) is 0 Å². The summed E-state index contributed by atoms with van der Waals surface area (Å²) < 4.78 is 0. The van der Waals surface area contributed by atoms with Crippen molar-refractivity contribution in [3.05, 3.63) is 32.2 Å². The lowest BCUT2D eigenvalue weighted by Gasteiger charge is -2.15. The Labute approximate surface area is 129 Å². The molecule has 0 fully saturated rings. The Kier molecular flexibility index (Phi) is 4.62. The van der Waals surface area contributed by atoms with E-state index in [4.69, 9.17) is 9.97 Å². The third-order valence-electron chi connectivity index (χ3n) is 3.13. The van der Waals surface area contributed by atoms with Crippen molar-refractivity contribution >= 4 is 22.7 Å². The molecule has 5 heteroatoms. The van der Waals surface area contributed by atoms with E-state index in [1.807, 2.05) is 7.05 Å². The molecule has 3 nitrogen and oxygen atoms in total. The lowest BCUT2D eigenvalue weighted by Crippen LogP contribution is -2.19. The molecule has 0 aromatic carbocycles. The molecule has 0 saturated heterocycles. The van der Waals surface area contributed by atoms with Gasteiger partial charge in [0.1, 0.15) is 11.0 Å². The van der Waals surface area contributed by atoms with Crippen molar-refractivity contribution < 1.29 is 0 Å². The number of thiazole rings is 2. The molecule has 0 amide bonds. The van der Waals surface area contributed by atoms with Crippen molar-refractivity contribution in [3.8, 4) is 0 Å². The number of hydrogen-bond donors (Lipinski definition) is 1. The van der Waals surface area contributed by atoms with Crippen LogP contribution in [-0.2, 0) is 5.41 Å². The fourth-order valence-electron chi connectivity index (χ4n) is 1.86. The SMILES string of the molecule is CNC(c1csc(C(C)(C)C)n1)c1nc(C(C)C)cs1. The van der Waals surface area contributed by atoms with Crippen LogP contribution >= 0.6 is 22.7 Å². The molecule has 0 bridgehead atoms. The van der Waals surface area contributed by atoms with Crippen LogP contribution in [-0.4, -0.2) is 17.0 Å². The number of hydrogen-bond acceptors (Lipinski definition) is 5. The Morgan fingerprint density at radius 3 is 2.15 bits per heavy atom. The van der Waals surface area contributed by atoms with Crippen LogP contribution in [0.25, 0.3) is 0 Å². The van der Waals surface area contributed by atoms with Crippen molar-refractivity contribution in [1.82, 2.24) is 15.3 Å². The fraction of sp³-hybridized carbons (Fsp3) is 0.600. The molecule has 0 spiro atoms. The molecule has 2 heterocycles. The monoisotopic (exact) mass is 309 g/mol. The van der Waals surface area contributed by atoms with Crippen molar-refractivity contribution in [3.63, 3.8) is 0 Å². The Morgan fingerprint density at radius 2 is 1.70 bits per heavy atom. The highest BCUT2D eigenvalue weighted by Crippen LogP contribution is 2.31. The summed E-state index contributed by atoms with van der Waals surface area (Å²) in [5.74, 6) is 0.470. The van der Waals surface area contributed by atoms with Gasteiger partial charge < -0.3 is 5.32 Å². The first kappa shape index (κ1) is 15.6. The van der Waals surface area contributed by atoms with Crippen LogP contribution in [0.15, 0.2) is 10.8 Å². The molecule has 1 unspecified atom stereocenters. The van der Waals surface area contributed by atoms with Gasteiger partial charge in [0.2, 0.25) is 0 Å². The first-order chi connectivity index (χ1) is 9.32. The molecule has 2 rings (SSSR count). The average Bonchev–Trinajstić information content (AvgIpc) is 2.97. The number of rotatable bonds is 4. The second-order valence-corrected chi connectivity index (χ2v) is 8.06. The molecular weight excluding hydrogens is 286 g/mol. The van der Waals surface area contributed by atoms with Crippen molar-refractivity contribution in [2.24, 2.45) is 0 Å². The molecule has 110 valence electrons. The van der Waals surface area contributed by atoms with Gasteiger partial charge in [-0.15, -0.1) is 22.7 Å². The summed E-state index contributed by atoms with van der Waals surface area (Å²) in [6, 6.07) is 0.0971. The fourth-order valence-corrected chi connectivity index (χ4v) is 3.89. The highest BCUT2D eigenvalue weighted by atomic mass is 32.1. The van der Waals surface area contributed by atoms with E-state index < -0.39 is 0 Å². The van der Waals surface area contributed by atoms with E-state index >= 15 is 0 Å². The second kappa shape index (κ2) is 5.92. The van der Waals surface area contributed by atoms with Crippen LogP contribution in [0, 0.1) is 0 Å². The van der Waals surface area contributed by atoms with E-state index in [0.717, 1.165) is 16.4 Å². The standard InChI is InChI=1S/C15H23N3S2/c1-9(2)10-7-19-13(17-10)12(16-6)11-8-20-14(18-11)15(3,4)5/h7-9,12,16H,1-6H3. The summed E-state index contributed by atoms with van der Waals surface area (Å²) in [5.41, 5.74) is 2.34. The summed E-state index contributed by atoms with van der Waals surface area (Å²) in [7, 11) is 1.97. The van der Waals surface area contributed by atoms with Crippen LogP contribution in [0.1, 0.15) is 68.0 Å². The number of nitrogens with one attached hydrogen (secondary N) is 1. The summed E-state index contributed by atoms with van der Waals surface area (Å²) in [6.45, 7) is 10.9. The predicted octanol–water partition coefficient (Wildman–Crippen LogP) is 4.33. The predicted molar refractivity (Wildman–Crippen MR) is 87.9 cm³/mol. The van der Waals surface area contributed by atoms with Crippen LogP contribution in [0.5, 0.6) is 0 Å². The Hall–Kier alpha value is -0.780. The Bertz CT molecular complexity index is 564. The quantitative estimate of drug-likeness (QED) is 0.913. The van der Waals surface area contributed by atoms with Gasteiger partial charge in [0, 0.05) is 16.2 Å². The molecule has 1 N–H and O–H groups in total. The molecule has 0 aliphatic heterocycles. The molecule has 2 aromatic rings. The van der Waals surface area contributed by atoms with Gasteiger partial charge in [-0.3, -0.25) is 0 Å². The third-order valence-corrected chi connectivity index (χ3v) is 5.34. The molecule has 20 heavy (non-hydrogen) atoms. The summed E-state index contributed by atoms with van der Waals surface area (Å²) in [6.07, 6.45) is 0. The third kappa shape index (κ3) is 3.27. The summed E-state index contributed by atoms with van der Waals surface area (Å²) in [4.78, 5) is 9.56. The summed E-state index contributed by atoms with van der Waals surface area (Å²) >= 11 is 3.45. The van der Waals surface area contributed by atoms with Crippen LogP contribution in [0.2, 0.25) is 0 Å². The largest absolute Gasteiger partial charge is 0.306 e. The van der Waals surface area contributed by atoms with Gasteiger partial charge >= 0.3 is 0 Å². The highest BCUT2D eigenvalue weighted by molar-refractivity contribution is 7.10. The lowest BCUT2D eigenvalue weighted by atomic mass is 9.98. The minimum absolute atomic E-state index is 0.0971. The van der Waals surface area contributed by atoms with E-state index in [1.165, 1.54) is 5.01 Å². The number of aromatic nitrogens is 2. The van der Waals surface area contributed by atoms with Gasteiger partial charge in [-0.05, 0) is 13.0 Å². The van der Waals surface area contributed by atoms with Gasteiger partial charge in [-0.2, -0.15) is 0 Å². The van der Waals surface area contributed by atoms with E-state index in [2.05, 4.69) is 50.7 Å². The van der Waals surface area contributed by atoms with Crippen LogP contribution < -0.4 is 5.32 Å². The molecule has 1 atom stereocenters. The van der Waals surface area contributed by atoms with Crippen molar-refractivity contribution in [2.75, 3.05) is 7.05 Å². The normalized spacial score (nSPS) is 13.9. The lowest BCUT2D eigenvalue weighted by molar-refractivity contribution is 0.576. The highest BCUT2D eigenvalue weighted by Gasteiger charge is 2.23. The van der Waals surface area contributed by atoms with Gasteiger partial charge in [0.15, 0.2) is 0 Å². The zero-order valence-corrected chi connectivity index (χ0v) is 14.7. The molecule has 0 radical (unpaired) electrons. The molecule has 0 saturated carbocycles. The van der Waals surface area contributed by atoms with Crippen molar-refractivity contribution in [2.45, 2.75) is 52.0 Å². The minimum atomic E-state index is 0.0971. The smallest absolute Gasteiger partial charge is 0.116 e. The van der Waals surface area contributed by atoms with E-state index in [-0.39, 0.29) is 11.5 Å². The van der Waals surface area contributed by atoms with Gasteiger partial charge in [0.05, 0.1) is 16.4 Å². The molecular formula is C15H23N3S2. The van der Waals surface area contributed by atoms with Crippen LogP contribution in [0.3, 0.4) is 0 Å². The molecule has 0 aliphatic rings. The number of nitrogens with zero attached hydrogens (tertiary/aromatic N) is 2. The molecule has 2 aromatic heterocycles. The molecule has 0 aliphatic carbocycles.